The molecule has 0 unspecified atom stereocenters. The molecule has 0 aromatic heterocycles. The van der Waals surface area contributed by atoms with E-state index in [2.05, 4.69) is 38.7 Å². The zero-order valence-electron chi connectivity index (χ0n) is 24.7. The summed E-state index contributed by atoms with van der Waals surface area (Å²) in [7, 11) is 0. The van der Waals surface area contributed by atoms with Crippen LogP contribution in [0, 0.1) is 56.6 Å². The predicted octanol–water partition coefficient (Wildman–Crippen LogP) is 6.00. The van der Waals surface area contributed by atoms with Crippen LogP contribution in [0.1, 0.15) is 99.3 Å². The summed E-state index contributed by atoms with van der Waals surface area (Å²) in [6, 6.07) is 0. The number of ether oxygens (including phenoxy) is 3. The third-order valence-corrected chi connectivity index (χ3v) is 14.2. The van der Waals surface area contributed by atoms with Crippen molar-refractivity contribution in [1.82, 2.24) is 0 Å². The van der Waals surface area contributed by atoms with E-state index < -0.39 is 0 Å². The van der Waals surface area contributed by atoms with Crippen LogP contribution in [0.5, 0.6) is 0 Å². The Kier molecular flexibility index (Phi) is 8.08. The average Bonchev–Trinajstić information content (AvgIpc) is 3.32. The van der Waals surface area contributed by atoms with Crippen LogP contribution in [0.2, 0.25) is 0 Å². The Labute approximate surface area is 241 Å². The van der Waals surface area contributed by atoms with E-state index in [1.54, 1.807) is 0 Å². The van der Waals surface area contributed by atoms with Gasteiger partial charge in [0.05, 0.1) is 0 Å². The molecule has 0 radical (unpaired) electrons. The zero-order valence-corrected chi connectivity index (χ0v) is 26.4. The van der Waals surface area contributed by atoms with E-state index in [9.17, 15) is 14.9 Å². The SMILES string of the molecule is CC(=O)OC[C@H](C)CC[C@@]1([Se]C#N)O[C@H]2C[C@H]3[C@@H]4CC=C5C[C@@H](OC(C)=O)CC[C@]5(C)[C@H]4CC[C@]3(C)[C@H]2[C@@H]1C. The summed E-state index contributed by atoms with van der Waals surface area (Å²) in [6.45, 7) is 13.0. The van der Waals surface area contributed by atoms with Crippen LogP contribution in [-0.2, 0) is 23.8 Å². The molecule has 1 heterocycles. The molecule has 4 fully saturated rings. The Morgan fingerprint density at radius 1 is 1.21 bits per heavy atom. The number of nitrogens with zero attached hydrogens (tertiary/aromatic N) is 1. The Morgan fingerprint density at radius 3 is 2.67 bits per heavy atom. The summed E-state index contributed by atoms with van der Waals surface area (Å²) in [5.41, 5.74) is 2.00. The second-order valence-electron chi connectivity index (χ2n) is 13.9. The van der Waals surface area contributed by atoms with Crippen LogP contribution >= 0.6 is 0 Å². The van der Waals surface area contributed by atoms with Crippen LogP contribution in [0.25, 0.3) is 0 Å². The molecule has 0 amide bonds. The third kappa shape index (κ3) is 5.02. The summed E-state index contributed by atoms with van der Waals surface area (Å²) < 4.78 is 17.6. The second-order valence-corrected chi connectivity index (χ2v) is 16.2. The minimum absolute atomic E-state index is 0.0409. The number of nitriles is 1. The molecule has 1 saturated heterocycles. The van der Waals surface area contributed by atoms with Gasteiger partial charge in [0.25, 0.3) is 0 Å². The van der Waals surface area contributed by atoms with Crippen molar-refractivity contribution >= 4 is 26.9 Å². The molecule has 0 bridgehead atoms. The maximum absolute atomic E-state index is 11.6. The van der Waals surface area contributed by atoms with Gasteiger partial charge in [0.2, 0.25) is 0 Å². The summed E-state index contributed by atoms with van der Waals surface area (Å²) in [5, 5.41) is 9.86. The van der Waals surface area contributed by atoms with Gasteiger partial charge in [-0.2, -0.15) is 0 Å². The summed E-state index contributed by atoms with van der Waals surface area (Å²) in [4.78, 5) is 25.4. The molecule has 0 N–H and O–H groups in total. The van der Waals surface area contributed by atoms with Crippen molar-refractivity contribution in [1.29, 1.82) is 5.26 Å². The monoisotopic (exact) mass is 605 g/mol. The molecule has 0 spiro atoms. The van der Waals surface area contributed by atoms with Gasteiger partial charge in [0.1, 0.15) is 0 Å². The van der Waals surface area contributed by atoms with Gasteiger partial charge in [0, 0.05) is 6.92 Å². The number of hydrogen-bond acceptors (Lipinski definition) is 6. The first-order chi connectivity index (χ1) is 18.4. The van der Waals surface area contributed by atoms with Crippen LogP contribution in [0.15, 0.2) is 11.6 Å². The van der Waals surface area contributed by atoms with Crippen molar-refractivity contribution < 1.29 is 23.8 Å². The molecule has 5 rings (SSSR count). The van der Waals surface area contributed by atoms with Gasteiger partial charge in [-0.25, -0.2) is 0 Å². The molecule has 7 heteroatoms. The van der Waals surface area contributed by atoms with E-state index in [1.807, 2.05) is 0 Å². The van der Waals surface area contributed by atoms with Gasteiger partial charge in [-0.05, 0) is 0 Å². The molecule has 4 aliphatic carbocycles. The van der Waals surface area contributed by atoms with Crippen molar-refractivity contribution in [3.05, 3.63) is 11.6 Å². The fourth-order valence-corrected chi connectivity index (χ4v) is 11.8. The van der Waals surface area contributed by atoms with E-state index in [1.165, 1.54) is 32.3 Å². The molecular formula is C32H47NO5Se. The van der Waals surface area contributed by atoms with Crippen molar-refractivity contribution in [2.24, 2.45) is 46.3 Å². The van der Waals surface area contributed by atoms with E-state index in [-0.39, 0.29) is 60.4 Å². The topological polar surface area (TPSA) is 85.6 Å². The third-order valence-electron chi connectivity index (χ3n) is 11.8. The quantitative estimate of drug-likeness (QED) is 0.201. The Morgan fingerprint density at radius 2 is 1.97 bits per heavy atom. The van der Waals surface area contributed by atoms with Gasteiger partial charge in [-0.15, -0.1) is 0 Å². The number of rotatable bonds is 7. The van der Waals surface area contributed by atoms with Gasteiger partial charge >= 0.3 is 230 Å². The minimum atomic E-state index is -0.340. The first-order valence-electron chi connectivity index (χ1n) is 15.2. The van der Waals surface area contributed by atoms with Gasteiger partial charge in [0.15, 0.2) is 0 Å². The number of carbonyl (C=O) groups is 2. The van der Waals surface area contributed by atoms with Crippen molar-refractivity contribution in [2.75, 3.05) is 6.61 Å². The molecular weight excluding hydrogens is 557 g/mol. The van der Waals surface area contributed by atoms with Crippen molar-refractivity contribution in [3.63, 3.8) is 0 Å². The van der Waals surface area contributed by atoms with Crippen molar-refractivity contribution in [2.45, 2.75) is 116 Å². The molecule has 0 aromatic carbocycles. The number of fused-ring (bicyclic) bond motifs is 7. The Balaban J connectivity index is 1.32. The number of esters is 2. The Bertz CT molecular complexity index is 1050. The van der Waals surface area contributed by atoms with Gasteiger partial charge in [-0.1, -0.05) is 0 Å². The summed E-state index contributed by atoms with van der Waals surface area (Å²) in [6.07, 6.45) is 12.3. The van der Waals surface area contributed by atoms with Crippen LogP contribution in [0.3, 0.4) is 0 Å². The normalized spacial score (nSPS) is 45.1. The second kappa shape index (κ2) is 10.8. The fraction of sp³-hybridized carbons (Fsp3) is 0.844. The maximum atomic E-state index is 11.6. The van der Waals surface area contributed by atoms with E-state index >= 15 is 0 Å². The van der Waals surface area contributed by atoms with Crippen LogP contribution in [0.4, 0.5) is 0 Å². The molecule has 11 atom stereocenters. The summed E-state index contributed by atoms with van der Waals surface area (Å²) >= 11 is -0.239. The molecule has 39 heavy (non-hydrogen) atoms. The number of allylic oxidation sites excluding steroid dienone is 1. The number of hydrogen-bond donors (Lipinski definition) is 0. The van der Waals surface area contributed by atoms with Crippen LogP contribution in [-0.4, -0.2) is 50.2 Å². The first-order valence-corrected chi connectivity index (χ1v) is 16.9. The Hall–Kier alpha value is -1.35. The van der Waals surface area contributed by atoms with Gasteiger partial charge in [-0.3, -0.25) is 4.79 Å². The molecule has 6 nitrogen and oxygen atoms in total. The predicted molar refractivity (Wildman–Crippen MR) is 149 cm³/mol. The molecule has 0 aromatic rings. The fourth-order valence-electron chi connectivity index (χ4n) is 9.96. The van der Waals surface area contributed by atoms with Crippen LogP contribution < -0.4 is 0 Å². The van der Waals surface area contributed by atoms with E-state index in [4.69, 9.17) is 14.2 Å². The molecule has 3 saturated carbocycles. The van der Waals surface area contributed by atoms with Crippen molar-refractivity contribution in [3.8, 4) is 4.97 Å². The summed E-state index contributed by atoms with van der Waals surface area (Å²) in [5.74, 6) is 2.76. The molecule has 5 aliphatic rings. The first kappa shape index (κ1) is 29.2. The molecule has 1 aliphatic heterocycles. The standard InChI is InChI=1S/C32H47NO5Se/c1-19(17-36-21(3)34)9-14-32(39-18-33)20(2)29-28(38-32)16-27-25-8-7-23-15-24(37-22(4)35)10-12-30(23,5)26(25)11-13-31(27,29)6/h7,19-20,24-29H,8-17H2,1-6H3/t19-,20+,24+,25-,26+,27+,28+,29+,30+,31+,32+/m1/s1. The zero-order chi connectivity index (χ0) is 28.2. The van der Waals surface area contributed by atoms with E-state index in [0.717, 1.165) is 44.9 Å². The van der Waals surface area contributed by atoms with E-state index in [0.29, 0.717) is 36.2 Å². The molecule has 216 valence electrons. The van der Waals surface area contributed by atoms with Gasteiger partial charge < -0.3 is 0 Å². The number of carbonyl (C=O) groups excluding carboxylic acids is 2. The average molecular weight is 605 g/mol.